The standard InChI is InChI=1S/3C10H23N.H3O4P/c3*1-4-7-9-11(6-3)10-8-5-2;1-5(2,3)4/h3*4-10H2,1-3H3;(H3,1,2,3,4). The molecule has 0 aliphatic rings. The molecule has 0 unspecified atom stereocenters. The molecule has 0 fully saturated rings. The molecule has 236 valence electrons. The lowest BCUT2D eigenvalue weighted by atomic mass is 10.2. The molecule has 0 atom stereocenters. The monoisotopic (exact) mass is 570 g/mol. The molecule has 0 bridgehead atoms. The minimum Gasteiger partial charge on any atom is -0.822 e. The van der Waals surface area contributed by atoms with Gasteiger partial charge in [0, 0.05) is 0 Å². The van der Waals surface area contributed by atoms with Gasteiger partial charge in [-0.25, -0.2) is 0 Å². The fourth-order valence-corrected chi connectivity index (χ4v) is 4.00. The van der Waals surface area contributed by atoms with Gasteiger partial charge < -0.3 is 33.9 Å². The van der Waals surface area contributed by atoms with Crippen LogP contribution in [0.3, 0.4) is 0 Å². The Labute approximate surface area is 240 Å². The summed E-state index contributed by atoms with van der Waals surface area (Å²) in [6, 6.07) is 0. The lowest BCUT2D eigenvalue weighted by molar-refractivity contribution is -0.898. The van der Waals surface area contributed by atoms with Gasteiger partial charge in [-0.2, -0.15) is 7.82 Å². The van der Waals surface area contributed by atoms with Crippen LogP contribution in [0.15, 0.2) is 0 Å². The van der Waals surface area contributed by atoms with E-state index in [1.807, 2.05) is 0 Å². The van der Waals surface area contributed by atoms with Crippen molar-refractivity contribution in [2.45, 2.75) is 139 Å². The lowest BCUT2D eigenvalue weighted by Gasteiger charge is -2.36. The second-order valence-corrected chi connectivity index (χ2v) is 11.3. The van der Waals surface area contributed by atoms with E-state index in [4.69, 9.17) is 19.2 Å². The average Bonchev–Trinajstić information content (AvgIpc) is 2.89. The Balaban J connectivity index is -0.000000209. The molecule has 0 radical (unpaired) electrons. The Hall–Kier alpha value is -0.0100. The van der Waals surface area contributed by atoms with Crippen LogP contribution < -0.4 is 29.4 Å². The molecule has 0 saturated carbocycles. The molecule has 0 aromatic rings. The third-order valence-corrected chi connectivity index (χ3v) is 6.80. The maximum atomic E-state index is 8.55. The zero-order valence-electron chi connectivity index (χ0n) is 27.4. The first-order valence-corrected chi connectivity index (χ1v) is 17.7. The van der Waals surface area contributed by atoms with Crippen molar-refractivity contribution in [3.8, 4) is 0 Å². The first-order chi connectivity index (χ1) is 18.0. The summed E-state index contributed by atoms with van der Waals surface area (Å²) in [7, 11) is -5.39. The van der Waals surface area contributed by atoms with Crippen molar-refractivity contribution >= 4 is 7.82 Å². The van der Waals surface area contributed by atoms with E-state index in [0.717, 1.165) is 0 Å². The molecular weight excluding hydrogens is 497 g/mol. The van der Waals surface area contributed by atoms with Crippen molar-refractivity contribution in [3.05, 3.63) is 0 Å². The number of rotatable bonds is 21. The van der Waals surface area contributed by atoms with Gasteiger partial charge in [-0.3, -0.25) is 0 Å². The SMILES string of the molecule is CCCC[NH+](CC)CCCC.CCCC[NH+](CC)CCCC.CCCC[NH+](CC)CCCC.O=P([O-])([O-])[O-]. The van der Waals surface area contributed by atoms with Crippen LogP contribution in [0.5, 0.6) is 0 Å². The Bertz CT molecular complexity index is 373. The molecule has 3 N–H and O–H groups in total. The highest BCUT2D eigenvalue weighted by Crippen LogP contribution is 2.03. The minimum atomic E-state index is -5.39. The van der Waals surface area contributed by atoms with Gasteiger partial charge in [0.1, 0.15) is 0 Å². The highest BCUT2D eigenvalue weighted by molar-refractivity contribution is 7.40. The lowest BCUT2D eigenvalue weighted by Crippen LogP contribution is -3.11. The van der Waals surface area contributed by atoms with E-state index in [0.29, 0.717) is 0 Å². The Morgan fingerprint density at radius 2 is 0.526 bits per heavy atom. The van der Waals surface area contributed by atoms with E-state index >= 15 is 0 Å². The summed E-state index contributed by atoms with van der Waals surface area (Å²) in [5, 5.41) is 0. The zero-order chi connectivity index (χ0) is 30.1. The Morgan fingerprint density at radius 1 is 0.395 bits per heavy atom. The number of hydrogen-bond acceptors (Lipinski definition) is 4. The Kier molecular flexibility index (Phi) is 43.8. The van der Waals surface area contributed by atoms with E-state index in [1.54, 1.807) is 14.7 Å². The van der Waals surface area contributed by atoms with Gasteiger partial charge in [-0.15, -0.1) is 0 Å². The van der Waals surface area contributed by atoms with Crippen LogP contribution in [0.2, 0.25) is 0 Å². The van der Waals surface area contributed by atoms with Crippen molar-refractivity contribution < 1.29 is 33.9 Å². The highest BCUT2D eigenvalue weighted by Gasteiger charge is 2.03. The predicted molar refractivity (Wildman–Crippen MR) is 161 cm³/mol. The fraction of sp³-hybridized carbons (Fsp3) is 1.00. The van der Waals surface area contributed by atoms with E-state index < -0.39 is 7.82 Å². The number of hydrogen-bond donors (Lipinski definition) is 3. The van der Waals surface area contributed by atoms with E-state index in [2.05, 4.69) is 62.3 Å². The molecule has 0 aliphatic carbocycles. The number of phosphoric acid groups is 1. The highest BCUT2D eigenvalue weighted by atomic mass is 31.2. The molecule has 0 amide bonds. The van der Waals surface area contributed by atoms with E-state index in [9.17, 15) is 0 Å². The molecule has 7 nitrogen and oxygen atoms in total. The summed E-state index contributed by atoms with van der Waals surface area (Å²) in [4.78, 5) is 31.0. The minimum absolute atomic E-state index is 1.31. The van der Waals surface area contributed by atoms with Crippen LogP contribution in [0.4, 0.5) is 0 Å². The van der Waals surface area contributed by atoms with Gasteiger partial charge in [-0.05, 0) is 59.3 Å². The molecular formula is C30H72N3O4P. The third kappa shape index (κ3) is 49.0. The maximum Gasteiger partial charge on any atom is 0.0770 e. The van der Waals surface area contributed by atoms with Crippen LogP contribution in [-0.2, 0) is 4.57 Å². The van der Waals surface area contributed by atoms with Gasteiger partial charge in [-0.1, -0.05) is 80.1 Å². The molecule has 0 aliphatic heterocycles. The molecule has 0 saturated heterocycles. The maximum absolute atomic E-state index is 8.55. The summed E-state index contributed by atoms with van der Waals surface area (Å²) in [5.41, 5.74) is 0. The summed E-state index contributed by atoms with van der Waals surface area (Å²) >= 11 is 0. The molecule has 0 heterocycles. The summed E-state index contributed by atoms with van der Waals surface area (Å²) in [6.45, 7) is 32.7. The number of nitrogens with one attached hydrogen (secondary N) is 3. The van der Waals surface area contributed by atoms with Crippen molar-refractivity contribution in [2.75, 3.05) is 58.9 Å². The van der Waals surface area contributed by atoms with Gasteiger partial charge in [0.15, 0.2) is 0 Å². The van der Waals surface area contributed by atoms with Gasteiger partial charge in [0.05, 0.1) is 58.9 Å². The van der Waals surface area contributed by atoms with Crippen LogP contribution in [0, 0.1) is 0 Å². The fourth-order valence-electron chi connectivity index (χ4n) is 4.00. The second-order valence-electron chi connectivity index (χ2n) is 10.4. The molecule has 38 heavy (non-hydrogen) atoms. The van der Waals surface area contributed by atoms with Crippen molar-refractivity contribution in [1.29, 1.82) is 0 Å². The molecule has 0 spiro atoms. The first kappa shape index (κ1) is 45.0. The summed E-state index contributed by atoms with van der Waals surface area (Å²) < 4.78 is 8.55. The number of quaternary nitrogens is 3. The van der Waals surface area contributed by atoms with Crippen LogP contribution in [-0.4, -0.2) is 58.9 Å². The van der Waals surface area contributed by atoms with Crippen LogP contribution >= 0.6 is 7.82 Å². The van der Waals surface area contributed by atoms with E-state index in [-0.39, 0.29) is 0 Å². The smallest absolute Gasteiger partial charge is 0.0770 e. The van der Waals surface area contributed by atoms with Crippen molar-refractivity contribution in [2.24, 2.45) is 0 Å². The Morgan fingerprint density at radius 3 is 0.605 bits per heavy atom. The van der Waals surface area contributed by atoms with Gasteiger partial charge >= 0.3 is 0 Å². The molecule has 8 heteroatoms. The topological polar surface area (TPSA) is 99.6 Å². The quantitative estimate of drug-likeness (QED) is 0.183. The summed E-state index contributed by atoms with van der Waals surface area (Å²) in [6.07, 6.45) is 16.4. The third-order valence-electron chi connectivity index (χ3n) is 6.80. The molecule has 0 aromatic carbocycles. The number of unbranched alkanes of at least 4 members (excludes halogenated alkanes) is 6. The van der Waals surface area contributed by atoms with Crippen LogP contribution in [0.25, 0.3) is 0 Å². The molecule has 0 aromatic heterocycles. The second kappa shape index (κ2) is 37.0. The molecule has 0 rings (SSSR count). The van der Waals surface area contributed by atoms with Crippen LogP contribution in [0.1, 0.15) is 139 Å². The van der Waals surface area contributed by atoms with Crippen molar-refractivity contribution in [1.82, 2.24) is 0 Å². The first-order valence-electron chi connectivity index (χ1n) is 16.3. The predicted octanol–water partition coefficient (Wildman–Crippen LogP) is 1.65. The normalized spacial score (nSPS) is 11.0. The zero-order valence-corrected chi connectivity index (χ0v) is 28.3. The average molecular weight is 570 g/mol. The van der Waals surface area contributed by atoms with E-state index in [1.165, 1.54) is 136 Å². The van der Waals surface area contributed by atoms with Gasteiger partial charge in [0.2, 0.25) is 0 Å². The largest absolute Gasteiger partial charge is 0.822 e. The summed E-state index contributed by atoms with van der Waals surface area (Å²) in [5.74, 6) is 0. The van der Waals surface area contributed by atoms with Crippen molar-refractivity contribution in [3.63, 3.8) is 0 Å². The van der Waals surface area contributed by atoms with Gasteiger partial charge in [0.25, 0.3) is 0 Å².